The summed E-state index contributed by atoms with van der Waals surface area (Å²) < 4.78 is 5.21. The molecule has 1 unspecified atom stereocenters. The van der Waals surface area contributed by atoms with E-state index in [1.54, 1.807) is 31.4 Å². The molecule has 0 aliphatic carbocycles. The van der Waals surface area contributed by atoms with Crippen molar-refractivity contribution in [3.05, 3.63) is 64.9 Å². The molecule has 0 spiro atoms. The maximum absolute atomic E-state index is 13.6. The summed E-state index contributed by atoms with van der Waals surface area (Å²) in [5.41, 5.74) is 4.33. The van der Waals surface area contributed by atoms with Crippen LogP contribution < -0.4 is 9.64 Å². The number of carbonyl (C=O) groups excluding carboxylic acids is 2. The molecule has 1 atom stereocenters. The Kier molecular flexibility index (Phi) is 5.83. The summed E-state index contributed by atoms with van der Waals surface area (Å²) in [6, 6.07) is 12.8. The maximum atomic E-state index is 13.6. The molecule has 0 aromatic heterocycles. The number of amides is 2. The number of imide groups is 1. The number of likely N-dealkylation sites (tertiary alicyclic amines) is 1. The Morgan fingerprint density at radius 1 is 1.03 bits per heavy atom. The van der Waals surface area contributed by atoms with Gasteiger partial charge in [-0.2, -0.15) is 0 Å². The zero-order valence-corrected chi connectivity index (χ0v) is 18.2. The van der Waals surface area contributed by atoms with Gasteiger partial charge in [0, 0.05) is 19.7 Å². The van der Waals surface area contributed by atoms with Crippen LogP contribution in [-0.4, -0.2) is 48.6 Å². The van der Waals surface area contributed by atoms with E-state index in [0.29, 0.717) is 35.8 Å². The molecule has 0 bridgehead atoms. The minimum Gasteiger partial charge on any atom is -0.497 e. The van der Waals surface area contributed by atoms with Crippen molar-refractivity contribution in [3.8, 4) is 5.75 Å². The number of hydrogen-bond acceptors (Lipinski definition) is 5. The molecule has 1 fully saturated rings. The van der Waals surface area contributed by atoms with E-state index in [9.17, 15) is 14.7 Å². The molecule has 2 aliphatic heterocycles. The van der Waals surface area contributed by atoms with Gasteiger partial charge in [0.05, 0.1) is 18.4 Å². The first-order chi connectivity index (χ1) is 14.9. The quantitative estimate of drug-likeness (QED) is 0.752. The SMILES string of the molecule is COc1ccc(N2C(=O)C(c3ccc(C)c(C)c3)=C(N3CCCC(CO)C3)C2=O)cc1. The van der Waals surface area contributed by atoms with Crippen LogP contribution in [0.25, 0.3) is 5.57 Å². The number of rotatable bonds is 5. The van der Waals surface area contributed by atoms with E-state index in [0.717, 1.165) is 29.5 Å². The largest absolute Gasteiger partial charge is 0.497 e. The lowest BCUT2D eigenvalue weighted by Crippen LogP contribution is -2.40. The van der Waals surface area contributed by atoms with Crippen molar-refractivity contribution in [2.75, 3.05) is 31.7 Å². The van der Waals surface area contributed by atoms with Crippen LogP contribution in [0, 0.1) is 19.8 Å². The average Bonchev–Trinajstić information content (AvgIpc) is 3.05. The number of anilines is 1. The summed E-state index contributed by atoms with van der Waals surface area (Å²) >= 11 is 0. The zero-order valence-electron chi connectivity index (χ0n) is 18.2. The molecule has 2 heterocycles. The molecule has 6 nitrogen and oxygen atoms in total. The Morgan fingerprint density at radius 3 is 2.42 bits per heavy atom. The first-order valence-electron chi connectivity index (χ1n) is 10.6. The Balaban J connectivity index is 1.81. The van der Waals surface area contributed by atoms with Crippen LogP contribution in [0.15, 0.2) is 48.2 Å². The minimum absolute atomic E-state index is 0.0765. The highest BCUT2D eigenvalue weighted by Gasteiger charge is 2.43. The van der Waals surface area contributed by atoms with Gasteiger partial charge in [-0.3, -0.25) is 9.59 Å². The van der Waals surface area contributed by atoms with Crippen LogP contribution in [0.2, 0.25) is 0 Å². The number of nitrogens with zero attached hydrogens (tertiary/aromatic N) is 2. The molecule has 2 aromatic carbocycles. The maximum Gasteiger partial charge on any atom is 0.282 e. The zero-order chi connectivity index (χ0) is 22.1. The predicted octanol–water partition coefficient (Wildman–Crippen LogP) is 3.30. The third-order valence-electron chi connectivity index (χ3n) is 6.28. The number of piperidine rings is 1. The van der Waals surface area contributed by atoms with Crippen molar-refractivity contribution in [1.82, 2.24) is 4.90 Å². The van der Waals surface area contributed by atoms with Gasteiger partial charge in [0.1, 0.15) is 11.4 Å². The number of aliphatic hydroxyl groups excluding tert-OH is 1. The van der Waals surface area contributed by atoms with Gasteiger partial charge in [0.15, 0.2) is 0 Å². The molecule has 0 radical (unpaired) electrons. The van der Waals surface area contributed by atoms with Crippen LogP contribution >= 0.6 is 0 Å². The molecular weight excluding hydrogens is 392 g/mol. The van der Waals surface area contributed by atoms with Gasteiger partial charge >= 0.3 is 0 Å². The van der Waals surface area contributed by atoms with Crippen molar-refractivity contribution in [2.24, 2.45) is 5.92 Å². The normalized spacial score (nSPS) is 19.4. The van der Waals surface area contributed by atoms with Gasteiger partial charge in [-0.1, -0.05) is 18.2 Å². The second-order valence-corrected chi connectivity index (χ2v) is 8.30. The molecule has 162 valence electrons. The number of aliphatic hydroxyl groups is 1. The molecule has 1 saturated heterocycles. The summed E-state index contributed by atoms with van der Waals surface area (Å²) in [5.74, 6) is 0.119. The Morgan fingerprint density at radius 2 is 1.77 bits per heavy atom. The summed E-state index contributed by atoms with van der Waals surface area (Å²) in [6.07, 6.45) is 1.79. The van der Waals surface area contributed by atoms with Crippen molar-refractivity contribution >= 4 is 23.1 Å². The van der Waals surface area contributed by atoms with E-state index in [-0.39, 0.29) is 24.3 Å². The number of methoxy groups -OCH3 is 1. The van der Waals surface area contributed by atoms with E-state index in [4.69, 9.17) is 4.74 Å². The second kappa shape index (κ2) is 8.55. The molecule has 31 heavy (non-hydrogen) atoms. The van der Waals surface area contributed by atoms with Gasteiger partial charge in [-0.15, -0.1) is 0 Å². The van der Waals surface area contributed by atoms with Crippen molar-refractivity contribution < 1.29 is 19.4 Å². The Bertz CT molecular complexity index is 1040. The summed E-state index contributed by atoms with van der Waals surface area (Å²) in [5, 5.41) is 9.68. The lowest BCUT2D eigenvalue weighted by Gasteiger charge is -2.34. The predicted molar refractivity (Wildman–Crippen MR) is 120 cm³/mol. The summed E-state index contributed by atoms with van der Waals surface area (Å²) in [4.78, 5) is 30.5. The van der Waals surface area contributed by atoms with E-state index in [1.165, 1.54) is 4.90 Å². The molecule has 0 saturated carbocycles. The first kappa shape index (κ1) is 21.1. The molecule has 6 heteroatoms. The fraction of sp³-hybridized carbons (Fsp3) is 0.360. The van der Waals surface area contributed by atoms with Gasteiger partial charge < -0.3 is 14.7 Å². The van der Waals surface area contributed by atoms with Crippen LogP contribution in [0.1, 0.15) is 29.5 Å². The molecule has 1 N–H and O–H groups in total. The highest BCUT2D eigenvalue weighted by molar-refractivity contribution is 6.45. The highest BCUT2D eigenvalue weighted by Crippen LogP contribution is 2.37. The molecule has 4 rings (SSSR count). The van der Waals surface area contributed by atoms with E-state index < -0.39 is 0 Å². The van der Waals surface area contributed by atoms with Crippen molar-refractivity contribution in [3.63, 3.8) is 0 Å². The van der Waals surface area contributed by atoms with Crippen molar-refractivity contribution in [2.45, 2.75) is 26.7 Å². The average molecular weight is 421 g/mol. The monoisotopic (exact) mass is 420 g/mol. The van der Waals surface area contributed by atoms with E-state index in [1.807, 2.05) is 36.9 Å². The Labute approximate surface area is 182 Å². The lowest BCUT2D eigenvalue weighted by atomic mass is 9.96. The highest BCUT2D eigenvalue weighted by atomic mass is 16.5. The number of ether oxygens (including phenoxy) is 1. The van der Waals surface area contributed by atoms with Gasteiger partial charge in [0.25, 0.3) is 11.8 Å². The lowest BCUT2D eigenvalue weighted by molar-refractivity contribution is -0.120. The molecule has 2 aliphatic rings. The van der Waals surface area contributed by atoms with Gasteiger partial charge in [-0.25, -0.2) is 4.90 Å². The van der Waals surface area contributed by atoms with Crippen molar-refractivity contribution in [1.29, 1.82) is 0 Å². The number of benzene rings is 2. The fourth-order valence-corrected chi connectivity index (χ4v) is 4.35. The van der Waals surface area contributed by atoms with Crippen LogP contribution in [0.3, 0.4) is 0 Å². The van der Waals surface area contributed by atoms with E-state index >= 15 is 0 Å². The van der Waals surface area contributed by atoms with Crippen LogP contribution in [0.5, 0.6) is 5.75 Å². The van der Waals surface area contributed by atoms with Gasteiger partial charge in [0.2, 0.25) is 0 Å². The Hall–Kier alpha value is -3.12. The third kappa shape index (κ3) is 3.83. The number of aryl methyl sites for hydroxylation is 2. The standard InChI is InChI=1S/C25H28N2O4/c1-16-6-7-19(13-17(16)2)22-23(26-12-4-5-18(14-26)15-28)25(30)27(24(22)29)20-8-10-21(31-3)11-9-20/h6-11,13,18,28H,4-5,12,14-15H2,1-3H3. The number of hydrogen-bond donors (Lipinski definition) is 1. The minimum atomic E-state index is -0.320. The molecular formula is C25H28N2O4. The molecule has 2 amide bonds. The van der Waals surface area contributed by atoms with E-state index in [2.05, 4.69) is 0 Å². The topological polar surface area (TPSA) is 70.1 Å². The van der Waals surface area contributed by atoms with Crippen LogP contribution in [-0.2, 0) is 9.59 Å². The smallest absolute Gasteiger partial charge is 0.282 e. The number of carbonyl (C=O) groups is 2. The fourth-order valence-electron chi connectivity index (χ4n) is 4.35. The summed E-state index contributed by atoms with van der Waals surface area (Å²) in [7, 11) is 1.58. The first-order valence-corrected chi connectivity index (χ1v) is 10.6. The van der Waals surface area contributed by atoms with Crippen LogP contribution in [0.4, 0.5) is 5.69 Å². The van der Waals surface area contributed by atoms with Gasteiger partial charge in [-0.05, 0) is 73.6 Å². The molecule has 2 aromatic rings. The summed E-state index contributed by atoms with van der Waals surface area (Å²) in [6.45, 7) is 5.36. The second-order valence-electron chi connectivity index (χ2n) is 8.30. The third-order valence-corrected chi connectivity index (χ3v) is 6.28.